The third kappa shape index (κ3) is 7.29. The van der Waals surface area contributed by atoms with Gasteiger partial charge in [0.15, 0.2) is 0 Å². The van der Waals surface area contributed by atoms with E-state index in [0.29, 0.717) is 31.9 Å². The summed E-state index contributed by atoms with van der Waals surface area (Å²) < 4.78 is 82.5. The van der Waals surface area contributed by atoms with Gasteiger partial charge in [-0.1, -0.05) is 0 Å². The first-order chi connectivity index (χ1) is 16.8. The number of carbonyl (C=O) groups excluding carboxylic acids is 1. The Morgan fingerprint density at radius 2 is 1.89 bits per heavy atom. The molecule has 0 aromatic carbocycles. The molecule has 1 aliphatic rings. The summed E-state index contributed by atoms with van der Waals surface area (Å²) in [6.07, 6.45) is -6.62. The van der Waals surface area contributed by atoms with E-state index in [2.05, 4.69) is 25.7 Å². The van der Waals surface area contributed by atoms with Crippen molar-refractivity contribution in [2.45, 2.75) is 44.2 Å². The molecule has 3 heterocycles. The molecule has 10 nitrogen and oxygen atoms in total. The van der Waals surface area contributed by atoms with Crippen molar-refractivity contribution >= 4 is 17.5 Å². The molecule has 1 amide bonds. The van der Waals surface area contributed by atoms with Gasteiger partial charge in [0.1, 0.15) is 5.56 Å². The summed E-state index contributed by atoms with van der Waals surface area (Å²) in [7, 11) is 0. The third-order valence-electron chi connectivity index (χ3n) is 5.22. The van der Waals surface area contributed by atoms with E-state index in [1.165, 1.54) is 0 Å². The zero-order valence-electron chi connectivity index (χ0n) is 18.9. The number of halogens is 6. The fourth-order valence-corrected chi connectivity index (χ4v) is 3.51. The van der Waals surface area contributed by atoms with Gasteiger partial charge in [0.2, 0.25) is 11.9 Å². The number of likely N-dealkylation sites (tertiary alicyclic amines) is 1. The summed E-state index contributed by atoms with van der Waals surface area (Å²) in [4.78, 5) is 32.8. The van der Waals surface area contributed by atoms with Crippen LogP contribution in [0.1, 0.15) is 30.9 Å². The maximum absolute atomic E-state index is 13.1. The average Bonchev–Trinajstić information content (AvgIpc) is 3.24. The van der Waals surface area contributed by atoms with Gasteiger partial charge in [0, 0.05) is 37.6 Å². The number of rotatable bonds is 9. The van der Waals surface area contributed by atoms with Crippen LogP contribution >= 0.6 is 0 Å². The number of H-pyrrole nitrogens is 1. The second-order valence-electron chi connectivity index (χ2n) is 8.12. The lowest BCUT2D eigenvalue weighted by Crippen LogP contribution is -2.33. The van der Waals surface area contributed by atoms with Crippen LogP contribution < -0.4 is 16.2 Å². The van der Waals surface area contributed by atoms with Crippen LogP contribution in [0.25, 0.3) is 0 Å². The van der Waals surface area contributed by atoms with Crippen LogP contribution in [0.5, 0.6) is 0 Å². The summed E-state index contributed by atoms with van der Waals surface area (Å²) in [5.74, 6) is -0.192. The first-order valence-electron chi connectivity index (χ1n) is 10.8. The van der Waals surface area contributed by atoms with Gasteiger partial charge in [-0.05, 0) is 13.3 Å². The van der Waals surface area contributed by atoms with E-state index in [4.69, 9.17) is 4.74 Å². The summed E-state index contributed by atoms with van der Waals surface area (Å²) in [5.41, 5.74) is -4.20. The van der Waals surface area contributed by atoms with E-state index in [0.717, 1.165) is 6.20 Å². The van der Waals surface area contributed by atoms with Gasteiger partial charge in [0.05, 0.1) is 37.1 Å². The monoisotopic (exact) mass is 523 g/mol. The number of carbonyl (C=O) groups is 1. The van der Waals surface area contributed by atoms with Crippen LogP contribution in [0.2, 0.25) is 0 Å². The molecule has 0 aliphatic carbocycles. The van der Waals surface area contributed by atoms with Crippen LogP contribution in [0.4, 0.5) is 38.0 Å². The average molecular weight is 523 g/mol. The highest BCUT2D eigenvalue weighted by Gasteiger charge is 2.37. The topological polar surface area (TPSA) is 125 Å². The molecule has 0 spiro atoms. The van der Waals surface area contributed by atoms with Gasteiger partial charge in [-0.25, -0.2) is 15.1 Å². The SMILES string of the molecule is C[C@@H](COCCC(=O)N1CCC(Nc2ncc(C(F)(F)F)cn2)C1)Nc1cn[nH]c(=O)c1C(F)(F)F. The molecule has 16 heteroatoms. The molecular formula is C20H23F6N7O3. The van der Waals surface area contributed by atoms with Crippen LogP contribution in [-0.2, 0) is 21.9 Å². The first-order valence-corrected chi connectivity index (χ1v) is 10.8. The number of nitrogens with one attached hydrogen (secondary N) is 3. The Kier molecular flexibility index (Phi) is 8.37. The predicted octanol–water partition coefficient (Wildman–Crippen LogP) is 2.52. The minimum atomic E-state index is -4.87. The van der Waals surface area contributed by atoms with Gasteiger partial charge in [-0.2, -0.15) is 31.4 Å². The minimum absolute atomic E-state index is 0.0151. The van der Waals surface area contributed by atoms with Crippen molar-refractivity contribution in [3.63, 3.8) is 0 Å². The number of aromatic amines is 1. The predicted molar refractivity (Wildman–Crippen MR) is 114 cm³/mol. The van der Waals surface area contributed by atoms with Crippen LogP contribution in [0.15, 0.2) is 23.4 Å². The number of anilines is 2. The normalized spacial score (nSPS) is 17.2. The lowest BCUT2D eigenvalue weighted by molar-refractivity contribution is -0.139. The molecule has 2 atom stereocenters. The number of amides is 1. The molecule has 0 saturated carbocycles. The third-order valence-corrected chi connectivity index (χ3v) is 5.22. The van der Waals surface area contributed by atoms with Crippen molar-refractivity contribution in [1.29, 1.82) is 0 Å². The van der Waals surface area contributed by atoms with Crippen molar-refractivity contribution in [3.05, 3.63) is 40.1 Å². The Balaban J connectivity index is 1.39. The Hall–Kier alpha value is -3.43. The maximum Gasteiger partial charge on any atom is 0.423 e. The lowest BCUT2D eigenvalue weighted by Gasteiger charge is -2.19. The summed E-state index contributed by atoms with van der Waals surface area (Å²) >= 11 is 0. The van der Waals surface area contributed by atoms with E-state index >= 15 is 0 Å². The van der Waals surface area contributed by atoms with Crippen LogP contribution in [-0.4, -0.2) is 69.4 Å². The van der Waals surface area contributed by atoms with Gasteiger partial charge in [0.25, 0.3) is 5.56 Å². The fraction of sp³-hybridized carbons (Fsp3) is 0.550. The second-order valence-corrected chi connectivity index (χ2v) is 8.12. The summed E-state index contributed by atoms with van der Waals surface area (Å²) in [5, 5.41) is 10.5. The molecule has 3 N–H and O–H groups in total. The molecule has 2 aromatic rings. The lowest BCUT2D eigenvalue weighted by atomic mass is 10.2. The molecule has 0 radical (unpaired) electrons. The molecule has 36 heavy (non-hydrogen) atoms. The highest BCUT2D eigenvalue weighted by molar-refractivity contribution is 5.76. The zero-order chi connectivity index (χ0) is 26.5. The Morgan fingerprint density at radius 1 is 1.19 bits per heavy atom. The van der Waals surface area contributed by atoms with Gasteiger partial charge < -0.3 is 20.3 Å². The largest absolute Gasteiger partial charge is 0.423 e. The zero-order valence-corrected chi connectivity index (χ0v) is 18.9. The van der Waals surface area contributed by atoms with Gasteiger partial charge >= 0.3 is 12.4 Å². The Bertz CT molecular complexity index is 1090. The highest BCUT2D eigenvalue weighted by atomic mass is 19.4. The molecule has 2 aromatic heterocycles. The highest BCUT2D eigenvalue weighted by Crippen LogP contribution is 2.31. The standard InChI is InChI=1S/C20H23F6N7O3/c1-11(30-14-8-29-32-17(35)16(14)20(24,25)26)10-36-5-3-15(34)33-4-2-13(9-33)31-18-27-6-12(7-28-18)19(21,22)23/h6-8,11,13H,2-5,9-10H2,1H3,(H,27,28,31)(H2,30,32,35)/t11-,13?/m0/s1. The molecular weight excluding hydrogens is 500 g/mol. The van der Waals surface area contributed by atoms with Crippen molar-refractivity contribution in [1.82, 2.24) is 25.1 Å². The van der Waals surface area contributed by atoms with Crippen molar-refractivity contribution in [2.24, 2.45) is 0 Å². The second kappa shape index (κ2) is 11.1. The smallest absolute Gasteiger partial charge is 0.379 e. The fourth-order valence-electron chi connectivity index (χ4n) is 3.51. The summed E-state index contributed by atoms with van der Waals surface area (Å²) in [6, 6.07) is -0.852. The number of alkyl halides is 6. The van der Waals surface area contributed by atoms with Gasteiger partial charge in [-0.15, -0.1) is 0 Å². The van der Waals surface area contributed by atoms with E-state index in [-0.39, 0.29) is 37.5 Å². The van der Waals surface area contributed by atoms with Crippen molar-refractivity contribution < 1.29 is 35.9 Å². The van der Waals surface area contributed by atoms with E-state index in [1.807, 2.05) is 0 Å². The number of nitrogens with zero attached hydrogens (tertiary/aromatic N) is 4. The van der Waals surface area contributed by atoms with Gasteiger partial charge in [-0.3, -0.25) is 9.59 Å². The Morgan fingerprint density at radius 3 is 2.53 bits per heavy atom. The molecule has 3 rings (SSSR count). The molecule has 0 bridgehead atoms. The molecule has 198 valence electrons. The quantitative estimate of drug-likeness (QED) is 0.338. The number of hydrogen-bond acceptors (Lipinski definition) is 8. The molecule has 1 saturated heterocycles. The van der Waals surface area contributed by atoms with Crippen molar-refractivity contribution in [3.8, 4) is 0 Å². The Labute approximate surface area is 200 Å². The van der Waals surface area contributed by atoms with E-state index in [1.54, 1.807) is 16.9 Å². The summed E-state index contributed by atoms with van der Waals surface area (Å²) in [6.45, 7) is 2.25. The number of hydrogen-bond donors (Lipinski definition) is 3. The molecule has 1 fully saturated rings. The molecule has 1 aliphatic heterocycles. The van der Waals surface area contributed by atoms with E-state index in [9.17, 15) is 35.9 Å². The van der Waals surface area contributed by atoms with Crippen molar-refractivity contribution in [2.75, 3.05) is 36.9 Å². The minimum Gasteiger partial charge on any atom is -0.379 e. The number of aromatic nitrogens is 4. The van der Waals surface area contributed by atoms with E-state index < -0.39 is 40.8 Å². The maximum atomic E-state index is 13.1. The van der Waals surface area contributed by atoms with Crippen LogP contribution in [0.3, 0.4) is 0 Å². The first kappa shape index (κ1) is 27.2. The van der Waals surface area contributed by atoms with Crippen LogP contribution in [0, 0.1) is 0 Å². The molecule has 1 unspecified atom stereocenters. The number of ether oxygens (including phenoxy) is 1.